The van der Waals surface area contributed by atoms with Crippen LogP contribution in [-0.4, -0.2) is 29.8 Å². The first-order chi connectivity index (χ1) is 8.74. The Labute approximate surface area is 107 Å². The van der Waals surface area contributed by atoms with Crippen LogP contribution in [0.25, 0.3) is 0 Å². The maximum Gasteiger partial charge on any atom is 0.390 e. The van der Waals surface area contributed by atoms with E-state index in [2.05, 4.69) is 0 Å². The summed E-state index contributed by atoms with van der Waals surface area (Å²) in [6, 6.07) is 3.84. The molecule has 1 aromatic carbocycles. The third-order valence-electron chi connectivity index (χ3n) is 2.60. The number of benzene rings is 1. The van der Waals surface area contributed by atoms with E-state index in [1.807, 2.05) is 0 Å². The molecule has 1 N–H and O–H groups in total. The van der Waals surface area contributed by atoms with Crippen LogP contribution in [0, 0.1) is 10.1 Å². The Balaban J connectivity index is 2.87. The van der Waals surface area contributed by atoms with Crippen molar-refractivity contribution in [1.82, 2.24) is 0 Å². The number of aliphatic hydroxyl groups excluding tert-OH is 1. The standard InChI is InChI=1S/C11H13F3N2O3/c1-15(5-4-11(12,13)14)9-2-3-10(16(18)19)8(6-9)7-17/h2-3,6,17H,4-5,7H2,1H3. The van der Waals surface area contributed by atoms with Gasteiger partial charge in [0.25, 0.3) is 5.69 Å². The van der Waals surface area contributed by atoms with Crippen LogP contribution in [0.4, 0.5) is 24.5 Å². The van der Waals surface area contributed by atoms with Gasteiger partial charge in [0.05, 0.1) is 23.5 Å². The van der Waals surface area contributed by atoms with Crippen molar-refractivity contribution in [2.24, 2.45) is 0 Å². The van der Waals surface area contributed by atoms with Crippen molar-refractivity contribution in [2.45, 2.75) is 19.2 Å². The Bertz CT molecular complexity index is 463. The molecule has 0 aliphatic heterocycles. The second-order valence-electron chi connectivity index (χ2n) is 4.01. The minimum absolute atomic E-state index is 0.0707. The Morgan fingerprint density at radius 1 is 1.42 bits per heavy atom. The molecule has 0 saturated heterocycles. The molecule has 0 aromatic heterocycles. The summed E-state index contributed by atoms with van der Waals surface area (Å²) < 4.78 is 36.3. The van der Waals surface area contributed by atoms with E-state index >= 15 is 0 Å². The molecule has 106 valence electrons. The Morgan fingerprint density at radius 3 is 2.53 bits per heavy atom. The van der Waals surface area contributed by atoms with Crippen molar-refractivity contribution in [2.75, 3.05) is 18.5 Å². The molecule has 0 bridgehead atoms. The van der Waals surface area contributed by atoms with Crippen molar-refractivity contribution in [1.29, 1.82) is 0 Å². The predicted octanol–water partition coefficient (Wildman–Crippen LogP) is 2.48. The van der Waals surface area contributed by atoms with E-state index in [0.717, 1.165) is 0 Å². The first-order valence-corrected chi connectivity index (χ1v) is 5.40. The van der Waals surface area contributed by atoms with Crippen LogP contribution in [0.2, 0.25) is 0 Å². The summed E-state index contributed by atoms with van der Waals surface area (Å²) in [4.78, 5) is 11.3. The predicted molar refractivity (Wildman–Crippen MR) is 63.0 cm³/mol. The molecular weight excluding hydrogens is 265 g/mol. The molecule has 1 aromatic rings. The number of nitrogens with zero attached hydrogens (tertiary/aromatic N) is 2. The van der Waals surface area contributed by atoms with E-state index in [9.17, 15) is 23.3 Å². The summed E-state index contributed by atoms with van der Waals surface area (Å²) in [7, 11) is 1.45. The van der Waals surface area contributed by atoms with Crippen LogP contribution >= 0.6 is 0 Å². The van der Waals surface area contributed by atoms with E-state index in [1.54, 1.807) is 0 Å². The quantitative estimate of drug-likeness (QED) is 0.663. The normalized spacial score (nSPS) is 11.4. The summed E-state index contributed by atoms with van der Waals surface area (Å²) in [6.45, 7) is -0.802. The SMILES string of the molecule is CN(CCC(F)(F)F)c1ccc([N+](=O)[O-])c(CO)c1. The summed E-state index contributed by atoms with van der Waals surface area (Å²) >= 11 is 0. The van der Waals surface area contributed by atoms with Gasteiger partial charge in [-0.05, 0) is 12.1 Å². The highest BCUT2D eigenvalue weighted by molar-refractivity contribution is 5.55. The molecule has 0 amide bonds. The van der Waals surface area contributed by atoms with Gasteiger partial charge in [0, 0.05) is 25.3 Å². The van der Waals surface area contributed by atoms with Gasteiger partial charge < -0.3 is 10.0 Å². The molecule has 1 rings (SSSR count). The second-order valence-corrected chi connectivity index (χ2v) is 4.01. The second kappa shape index (κ2) is 5.87. The number of alkyl halides is 3. The smallest absolute Gasteiger partial charge is 0.390 e. The molecule has 0 spiro atoms. The van der Waals surface area contributed by atoms with Gasteiger partial charge in [-0.2, -0.15) is 13.2 Å². The van der Waals surface area contributed by atoms with E-state index in [4.69, 9.17) is 5.11 Å². The average Bonchev–Trinajstić information content (AvgIpc) is 2.34. The zero-order valence-corrected chi connectivity index (χ0v) is 10.1. The summed E-state index contributed by atoms with van der Waals surface area (Å²) in [5.41, 5.74) is 0.204. The molecule has 5 nitrogen and oxygen atoms in total. The molecule has 19 heavy (non-hydrogen) atoms. The highest BCUT2D eigenvalue weighted by Gasteiger charge is 2.27. The van der Waals surface area contributed by atoms with Crippen LogP contribution in [0.1, 0.15) is 12.0 Å². The van der Waals surface area contributed by atoms with Gasteiger partial charge in [-0.1, -0.05) is 0 Å². The number of nitro groups is 1. The number of rotatable bonds is 5. The lowest BCUT2D eigenvalue weighted by Gasteiger charge is -2.20. The maximum absolute atomic E-state index is 12.1. The minimum atomic E-state index is -4.26. The third-order valence-corrected chi connectivity index (χ3v) is 2.60. The number of anilines is 1. The van der Waals surface area contributed by atoms with Crippen molar-refractivity contribution in [3.8, 4) is 0 Å². The average molecular weight is 278 g/mol. The van der Waals surface area contributed by atoms with Gasteiger partial charge in [0.15, 0.2) is 0 Å². The van der Waals surface area contributed by atoms with Gasteiger partial charge in [0.1, 0.15) is 0 Å². The lowest BCUT2D eigenvalue weighted by molar-refractivity contribution is -0.385. The van der Waals surface area contributed by atoms with Gasteiger partial charge in [-0.3, -0.25) is 10.1 Å². The largest absolute Gasteiger partial charge is 0.391 e. The number of aliphatic hydroxyl groups is 1. The molecular formula is C11H13F3N2O3. The van der Waals surface area contributed by atoms with Gasteiger partial charge in [-0.25, -0.2) is 0 Å². The molecule has 0 unspecified atom stereocenters. The fraction of sp³-hybridized carbons (Fsp3) is 0.455. The van der Waals surface area contributed by atoms with Crippen LogP contribution < -0.4 is 4.90 Å². The van der Waals surface area contributed by atoms with Gasteiger partial charge in [-0.15, -0.1) is 0 Å². The van der Waals surface area contributed by atoms with Crippen LogP contribution in [0.5, 0.6) is 0 Å². The van der Waals surface area contributed by atoms with E-state index in [-0.39, 0.29) is 17.8 Å². The summed E-state index contributed by atoms with van der Waals surface area (Å²) in [6.07, 6.45) is -5.23. The number of hydrogen-bond donors (Lipinski definition) is 1. The summed E-state index contributed by atoms with van der Waals surface area (Å²) in [5.74, 6) is 0. The van der Waals surface area contributed by atoms with Crippen molar-refractivity contribution in [3.05, 3.63) is 33.9 Å². The summed E-state index contributed by atoms with van der Waals surface area (Å²) in [5, 5.41) is 19.7. The van der Waals surface area contributed by atoms with Gasteiger partial charge >= 0.3 is 6.18 Å². The molecule has 0 fully saturated rings. The number of hydrogen-bond acceptors (Lipinski definition) is 4. The first-order valence-electron chi connectivity index (χ1n) is 5.40. The molecule has 0 radical (unpaired) electrons. The van der Waals surface area contributed by atoms with Crippen molar-refractivity contribution < 1.29 is 23.2 Å². The molecule has 0 atom stereocenters. The lowest BCUT2D eigenvalue weighted by atomic mass is 10.1. The monoisotopic (exact) mass is 278 g/mol. The fourth-order valence-corrected chi connectivity index (χ4v) is 1.54. The Hall–Kier alpha value is -1.83. The third kappa shape index (κ3) is 4.40. The zero-order valence-electron chi connectivity index (χ0n) is 10.1. The highest BCUT2D eigenvalue weighted by Crippen LogP contribution is 2.26. The molecule has 0 aliphatic carbocycles. The lowest BCUT2D eigenvalue weighted by Crippen LogP contribution is -2.24. The molecule has 8 heteroatoms. The highest BCUT2D eigenvalue weighted by atomic mass is 19.4. The minimum Gasteiger partial charge on any atom is -0.391 e. The number of halogens is 3. The Kier molecular flexibility index (Phi) is 4.71. The van der Waals surface area contributed by atoms with E-state index in [1.165, 1.54) is 30.1 Å². The van der Waals surface area contributed by atoms with Gasteiger partial charge in [0.2, 0.25) is 0 Å². The van der Waals surface area contributed by atoms with Crippen molar-refractivity contribution >= 4 is 11.4 Å². The van der Waals surface area contributed by atoms with E-state index in [0.29, 0.717) is 5.69 Å². The zero-order chi connectivity index (χ0) is 14.6. The van der Waals surface area contributed by atoms with Crippen LogP contribution in [0.3, 0.4) is 0 Å². The molecule has 0 heterocycles. The molecule has 0 saturated carbocycles. The topological polar surface area (TPSA) is 66.6 Å². The van der Waals surface area contributed by atoms with Crippen LogP contribution in [-0.2, 0) is 6.61 Å². The number of nitro benzene ring substituents is 1. The first kappa shape index (κ1) is 15.2. The molecule has 0 aliphatic rings. The fourth-order valence-electron chi connectivity index (χ4n) is 1.54. The van der Waals surface area contributed by atoms with Crippen LogP contribution in [0.15, 0.2) is 18.2 Å². The van der Waals surface area contributed by atoms with Crippen molar-refractivity contribution in [3.63, 3.8) is 0 Å². The maximum atomic E-state index is 12.1. The Morgan fingerprint density at radius 2 is 2.05 bits per heavy atom. The van der Waals surface area contributed by atoms with E-state index < -0.39 is 24.1 Å².